The van der Waals surface area contributed by atoms with E-state index in [4.69, 9.17) is 10.3 Å². The van der Waals surface area contributed by atoms with Crippen molar-refractivity contribution in [1.29, 1.82) is 0 Å². The van der Waals surface area contributed by atoms with Gasteiger partial charge in [-0.2, -0.15) is 0 Å². The quantitative estimate of drug-likeness (QED) is 0.0739. The molecule has 1 aromatic carbocycles. The normalized spacial score (nSPS) is 19.3. The summed E-state index contributed by atoms with van der Waals surface area (Å²) >= 11 is 4.52. The number of carbonyl (C=O) groups is 8. The maximum atomic E-state index is 14.5. The standard InChI is InChI=1S/C41H65N8O11PS/c1-8-24(5)34(46-36(52)29(44-26(7)50)21-27-14-16-28(17-15-27)60-61(58,59)62)39(55)47-35(25(6)9-2)41(57)49-19-11-13-32(49)38(54)45-30(20-23(3)4)40(56)48-18-10-12-31(48)37(53)43-22-33(42)51/h14-17,23-25,29-32,34-35H,8-13,18-22H2,1-7H3,(H2,42,51)(H,43,53)(H,44,50)(H,45,54)(H,46,52)(H,47,55)(H2,58,59,62)/t24-,25-,29-,30-,31-,32-,34-,35-/m0/s1. The topological polar surface area (TPSA) is 279 Å². The van der Waals surface area contributed by atoms with Crippen molar-refractivity contribution in [2.75, 3.05) is 19.6 Å². The summed E-state index contributed by atoms with van der Waals surface area (Å²) in [4.78, 5) is 129. The van der Waals surface area contributed by atoms with Gasteiger partial charge < -0.3 is 56.4 Å². The molecule has 0 bridgehead atoms. The van der Waals surface area contributed by atoms with Crippen molar-refractivity contribution in [1.82, 2.24) is 36.4 Å². The first-order valence-corrected chi connectivity index (χ1v) is 23.9. The molecule has 2 saturated heterocycles. The molecule has 0 aliphatic carbocycles. The zero-order chi connectivity index (χ0) is 46.5. The van der Waals surface area contributed by atoms with Crippen LogP contribution in [0.1, 0.15) is 99.0 Å². The number of benzene rings is 1. The van der Waals surface area contributed by atoms with E-state index in [0.29, 0.717) is 44.1 Å². The van der Waals surface area contributed by atoms with Crippen molar-refractivity contribution in [3.63, 3.8) is 0 Å². The molecule has 21 heteroatoms. The lowest BCUT2D eigenvalue weighted by atomic mass is 9.94. The van der Waals surface area contributed by atoms with E-state index >= 15 is 0 Å². The zero-order valence-corrected chi connectivity index (χ0v) is 38.4. The van der Waals surface area contributed by atoms with Crippen LogP contribution in [0.5, 0.6) is 5.75 Å². The number of primary amides is 1. The van der Waals surface area contributed by atoms with Crippen LogP contribution in [0.15, 0.2) is 24.3 Å². The van der Waals surface area contributed by atoms with E-state index in [1.165, 1.54) is 28.9 Å². The number of carbonyl (C=O) groups excluding carboxylic acids is 8. The van der Waals surface area contributed by atoms with Crippen LogP contribution in [0.2, 0.25) is 0 Å². The highest BCUT2D eigenvalue weighted by atomic mass is 32.5. The Labute approximate surface area is 368 Å². The summed E-state index contributed by atoms with van der Waals surface area (Å²) in [6.45, 7) is 8.50. The molecular weight excluding hydrogens is 844 g/mol. The van der Waals surface area contributed by atoms with E-state index in [1.807, 2.05) is 27.7 Å². The predicted molar refractivity (Wildman–Crippen MR) is 233 cm³/mol. The monoisotopic (exact) mass is 908 g/mol. The van der Waals surface area contributed by atoms with E-state index in [2.05, 4.69) is 38.4 Å². The van der Waals surface area contributed by atoms with Crippen LogP contribution in [0.25, 0.3) is 0 Å². The Morgan fingerprint density at radius 1 is 0.774 bits per heavy atom. The highest BCUT2D eigenvalue weighted by molar-refractivity contribution is 8.06. The van der Waals surface area contributed by atoms with Gasteiger partial charge in [0.1, 0.15) is 42.0 Å². The van der Waals surface area contributed by atoms with Crippen LogP contribution in [0, 0.1) is 17.8 Å². The number of amides is 8. The maximum Gasteiger partial charge on any atom is 0.375 e. The first-order valence-electron chi connectivity index (χ1n) is 21.3. The number of likely N-dealkylation sites (tertiary alicyclic amines) is 2. The number of rotatable bonds is 22. The summed E-state index contributed by atoms with van der Waals surface area (Å²) in [6, 6.07) is -0.0764. The van der Waals surface area contributed by atoms with Crippen LogP contribution in [0.4, 0.5) is 0 Å². The fraction of sp³-hybridized carbons (Fsp3) is 0.659. The number of hydrogen-bond donors (Lipinski definition) is 8. The van der Waals surface area contributed by atoms with E-state index < -0.39 is 102 Å². The van der Waals surface area contributed by atoms with Crippen LogP contribution < -0.4 is 36.8 Å². The van der Waals surface area contributed by atoms with Gasteiger partial charge in [-0.15, -0.1) is 0 Å². The molecule has 2 fully saturated rings. The first kappa shape index (κ1) is 51.7. The Morgan fingerprint density at radius 2 is 1.31 bits per heavy atom. The van der Waals surface area contributed by atoms with Gasteiger partial charge in [0.2, 0.25) is 47.3 Å². The second kappa shape index (κ2) is 23.7. The van der Waals surface area contributed by atoms with Gasteiger partial charge in [0.15, 0.2) is 0 Å². The third kappa shape index (κ3) is 15.3. The van der Waals surface area contributed by atoms with Crippen LogP contribution >= 0.6 is 6.72 Å². The molecule has 8 amide bonds. The molecule has 0 aromatic heterocycles. The third-order valence-electron chi connectivity index (χ3n) is 11.3. The summed E-state index contributed by atoms with van der Waals surface area (Å²) in [6.07, 6.45) is 2.96. The van der Waals surface area contributed by atoms with Crippen LogP contribution in [-0.4, -0.2) is 123 Å². The second-order valence-corrected chi connectivity index (χ2v) is 19.3. The molecule has 3 rings (SSSR count). The van der Waals surface area contributed by atoms with Crippen molar-refractivity contribution in [2.24, 2.45) is 23.5 Å². The molecule has 1 aromatic rings. The summed E-state index contributed by atoms with van der Waals surface area (Å²) in [5.41, 5.74) is 5.77. The smallest absolute Gasteiger partial charge is 0.375 e. The van der Waals surface area contributed by atoms with Crippen molar-refractivity contribution in [3.8, 4) is 5.75 Å². The Morgan fingerprint density at radius 3 is 1.82 bits per heavy atom. The van der Waals surface area contributed by atoms with E-state index in [1.54, 1.807) is 26.0 Å². The van der Waals surface area contributed by atoms with Crippen molar-refractivity contribution >= 4 is 65.8 Å². The molecule has 19 nitrogen and oxygen atoms in total. The SMILES string of the molecule is CC[C@H](C)[C@H](NC(=O)[C@H](Cc1ccc(OP(O)(O)=S)cc1)NC(C)=O)C(=O)N[C@H](C(=O)N1CCC[C@H]1C(=O)N[C@@H](CC(C)C)C(=O)N1CCC[C@H]1C(=O)NCC(N)=O)[C@@H](C)CC. The van der Waals surface area contributed by atoms with Crippen molar-refractivity contribution in [3.05, 3.63) is 29.8 Å². The molecule has 0 unspecified atom stereocenters. The van der Waals surface area contributed by atoms with Gasteiger partial charge in [-0.3, -0.25) is 38.4 Å². The van der Waals surface area contributed by atoms with E-state index in [9.17, 15) is 48.1 Å². The Hall–Kier alpha value is -4.65. The Kier molecular flexibility index (Phi) is 19.8. The van der Waals surface area contributed by atoms with Gasteiger partial charge in [0, 0.05) is 38.2 Å². The zero-order valence-electron chi connectivity index (χ0n) is 36.7. The molecule has 0 saturated carbocycles. The summed E-state index contributed by atoms with van der Waals surface area (Å²) in [7, 11) is 0. The lowest BCUT2D eigenvalue weighted by Crippen LogP contribution is -2.61. The number of nitrogens with one attached hydrogen (secondary N) is 5. The minimum absolute atomic E-state index is 0.00780. The molecule has 2 heterocycles. The lowest BCUT2D eigenvalue weighted by Gasteiger charge is -2.34. The average molecular weight is 909 g/mol. The Bertz CT molecular complexity index is 1830. The number of nitrogens with zero attached hydrogens (tertiary/aromatic N) is 2. The largest absolute Gasteiger partial charge is 0.424 e. The molecule has 346 valence electrons. The maximum absolute atomic E-state index is 14.5. The van der Waals surface area contributed by atoms with E-state index in [-0.39, 0.29) is 44.1 Å². The number of nitrogens with two attached hydrogens (primary N) is 1. The molecule has 0 spiro atoms. The van der Waals surface area contributed by atoms with Gasteiger partial charge in [0.05, 0.1) is 6.54 Å². The predicted octanol–water partition coefficient (Wildman–Crippen LogP) is 0.498. The van der Waals surface area contributed by atoms with Gasteiger partial charge in [0.25, 0.3) is 0 Å². The van der Waals surface area contributed by atoms with Gasteiger partial charge >= 0.3 is 6.72 Å². The summed E-state index contributed by atoms with van der Waals surface area (Å²) in [5.74, 6) is -5.19. The summed E-state index contributed by atoms with van der Waals surface area (Å²) in [5, 5.41) is 13.6. The minimum Gasteiger partial charge on any atom is -0.424 e. The summed E-state index contributed by atoms with van der Waals surface area (Å²) < 4.78 is 4.95. The minimum atomic E-state index is -3.97. The molecule has 2 aliphatic rings. The van der Waals surface area contributed by atoms with Gasteiger partial charge in [-0.05, 0) is 67.6 Å². The highest BCUT2D eigenvalue weighted by Gasteiger charge is 2.43. The average Bonchev–Trinajstić information content (AvgIpc) is 3.90. The van der Waals surface area contributed by atoms with Crippen LogP contribution in [-0.2, 0) is 56.6 Å². The first-order chi connectivity index (χ1) is 29.1. The van der Waals surface area contributed by atoms with Crippen molar-refractivity contribution in [2.45, 2.75) is 136 Å². The fourth-order valence-electron chi connectivity index (χ4n) is 7.63. The fourth-order valence-corrected chi connectivity index (χ4v) is 8.29. The van der Waals surface area contributed by atoms with E-state index in [0.717, 1.165) is 0 Å². The Balaban J connectivity index is 1.80. The van der Waals surface area contributed by atoms with Crippen LogP contribution in [0.3, 0.4) is 0 Å². The highest BCUT2D eigenvalue weighted by Crippen LogP contribution is 2.38. The molecule has 8 atom stereocenters. The van der Waals surface area contributed by atoms with Gasteiger partial charge in [-0.1, -0.05) is 66.5 Å². The number of hydrogen-bond acceptors (Lipinski definition) is 10. The molecule has 9 N–H and O–H groups in total. The van der Waals surface area contributed by atoms with Gasteiger partial charge in [-0.25, -0.2) is 0 Å². The third-order valence-corrected chi connectivity index (χ3v) is 12.0. The van der Waals surface area contributed by atoms with Crippen molar-refractivity contribution < 1.29 is 52.7 Å². The molecular formula is C41H65N8O11PS. The molecule has 0 radical (unpaired) electrons. The molecule has 62 heavy (non-hydrogen) atoms. The second-order valence-electron chi connectivity index (χ2n) is 16.7. The lowest BCUT2D eigenvalue weighted by molar-refractivity contribution is -0.145. The molecule has 2 aliphatic heterocycles.